The molecule has 0 bridgehead atoms. The Morgan fingerprint density at radius 1 is 0.754 bits per heavy atom. The molecule has 4 aliphatic heterocycles. The monoisotopic (exact) mass is 1100 g/mol. The highest BCUT2D eigenvalue weighted by molar-refractivity contribution is 8.03. The van der Waals surface area contributed by atoms with Gasteiger partial charge in [0.25, 0.3) is 0 Å². The van der Waals surface area contributed by atoms with E-state index in [2.05, 4.69) is 52.2 Å². The van der Waals surface area contributed by atoms with Crippen LogP contribution >= 0.6 is 11.8 Å². The van der Waals surface area contributed by atoms with E-state index in [1.165, 1.54) is 4.90 Å². The van der Waals surface area contributed by atoms with Gasteiger partial charge in [-0.2, -0.15) is 4.57 Å². The van der Waals surface area contributed by atoms with E-state index in [-0.39, 0.29) is 49.3 Å². The van der Waals surface area contributed by atoms with Crippen LogP contribution in [-0.4, -0.2) is 190 Å². The molecule has 3 saturated heterocycles. The van der Waals surface area contributed by atoms with Crippen LogP contribution in [0, 0.1) is 0 Å². The first-order chi connectivity index (χ1) is 32.6. The maximum atomic E-state index is 13.1. The van der Waals surface area contributed by atoms with Crippen LogP contribution in [0.5, 0.6) is 0 Å². The summed E-state index contributed by atoms with van der Waals surface area (Å²) in [5.41, 5.74) is 28.1. The molecule has 1 aromatic heterocycles. The second-order valence-corrected chi connectivity index (χ2v) is 19.0. The van der Waals surface area contributed by atoms with Gasteiger partial charge in [0.1, 0.15) is 73.7 Å². The number of hydrogen-bond donors (Lipinski definition) is 13. The minimum Gasteiger partial charge on any atom is -1.00 e. The van der Waals surface area contributed by atoms with Crippen molar-refractivity contribution >= 4 is 40.3 Å². The number of carbonyl (C=O) groups is 1. The molecule has 0 radical (unpaired) electrons. The largest absolute Gasteiger partial charge is 1.00 e. The fraction of sp³-hybridized carbons (Fsp3) is 0.600. The molecule has 2 aromatic carbocycles. The number of hydrogen-bond acceptors (Lipinski definition) is 21. The second-order valence-electron chi connectivity index (χ2n) is 18.0. The summed E-state index contributed by atoms with van der Waals surface area (Å²) in [4.78, 5) is 16.5. The summed E-state index contributed by atoms with van der Waals surface area (Å²) >= 11 is 1.72. The first kappa shape index (κ1) is 54.0. The predicted octanol–water partition coefficient (Wildman–Crippen LogP) is -7.24. The topological polar surface area (TPSA) is 358 Å². The second kappa shape index (κ2) is 23.4. The number of nitrogens with one attached hydrogen (secondary N) is 1. The molecule has 22 nitrogen and oxygen atoms in total. The van der Waals surface area contributed by atoms with Crippen molar-refractivity contribution in [2.45, 2.75) is 147 Å². The zero-order valence-electron chi connectivity index (χ0n) is 37.7. The maximum Gasteiger partial charge on any atom is 0.220 e. The van der Waals surface area contributed by atoms with Crippen molar-refractivity contribution in [1.82, 2.24) is 5.32 Å². The molecule has 5 heterocycles. The fourth-order valence-electron chi connectivity index (χ4n) is 9.39. The van der Waals surface area contributed by atoms with E-state index in [0.29, 0.717) is 13.0 Å². The van der Waals surface area contributed by atoms with Crippen molar-refractivity contribution in [2.24, 2.45) is 22.9 Å². The van der Waals surface area contributed by atoms with E-state index >= 15 is 0 Å². The molecule has 24 heteroatoms. The highest BCUT2D eigenvalue weighted by Gasteiger charge is 2.54. The van der Waals surface area contributed by atoms with Gasteiger partial charge in [-0.1, -0.05) is 36.0 Å². The number of amides is 1. The molecule has 0 spiro atoms. The first-order valence-electron chi connectivity index (χ1n) is 22.8. The van der Waals surface area contributed by atoms with E-state index in [4.69, 9.17) is 51.4 Å². The summed E-state index contributed by atoms with van der Waals surface area (Å²) in [6, 6.07) is 13.9. The van der Waals surface area contributed by atoms with Crippen LogP contribution in [0.3, 0.4) is 0 Å². The lowest BCUT2D eigenvalue weighted by molar-refractivity contribution is -0.671. The van der Waals surface area contributed by atoms with E-state index < -0.39 is 129 Å². The summed E-state index contributed by atoms with van der Waals surface area (Å²) in [6.07, 6.45) is -17.0. The van der Waals surface area contributed by atoms with Gasteiger partial charge < -0.3 is 126 Å². The number of benzene rings is 2. The number of carbonyl (C=O) groups excluding carboxylic acids is 1. The SMILES string of the molecule is CN1/C(=C/c2cc[n+](CCCC(=O)NC[C@@H]3O[C@H](O[C@H]4[C@@H](O)[C@H](O[C@@H]5[C@@H](O)[C@H](N)C[C@H](N)[C@H]5O[C@H]5O[C@H](CO)[C@@H](O)[C@H](O)[C@H]5N)O[C@@H]4CO)[C@H](N)[C@@H](O)[C@@H]3O)c3ccccc23)Sc2ccccc21.[I-]. The molecule has 382 valence electrons. The standard InChI is InChI=1S/C45H63N7O15S.HI/c1-51-25-9-4-5-10-29(25)68-31(51)15-20-12-14-52(24-8-3-2-7-21(20)24)13-6-11-30(55)50-17-26-35(57)37(59)32(48)43(62-26)66-41-28(19-54)64-45(39(41)61)67-42-34(56)22(46)16-23(47)40(42)65-44-33(49)38(60)36(58)27(18-53)63-44;/h2-5,7-10,12,14-15,22-23,26-28,32-45,53-54,56-61H,6,11,13,16-19,46-49H2,1H3;1H/t22-,23+,26+,27-,28-,32-,33-,34+,35-,36-,37-,38-,39-,40-,41-,42-,43-,44-,45+;/m1./s1. The first-order valence-corrected chi connectivity index (χ1v) is 23.6. The van der Waals surface area contributed by atoms with E-state index in [1.807, 2.05) is 36.5 Å². The van der Waals surface area contributed by atoms with Crippen molar-refractivity contribution in [1.29, 1.82) is 0 Å². The number of aliphatic hydroxyl groups excluding tert-OH is 8. The lowest BCUT2D eigenvalue weighted by atomic mass is 9.84. The molecule has 0 unspecified atom stereocenters. The predicted molar refractivity (Wildman–Crippen MR) is 242 cm³/mol. The van der Waals surface area contributed by atoms with Crippen LogP contribution in [0.4, 0.5) is 5.69 Å². The third kappa shape index (κ3) is 11.4. The van der Waals surface area contributed by atoms with Crippen LogP contribution in [0.1, 0.15) is 24.8 Å². The van der Waals surface area contributed by atoms with Gasteiger partial charge in [0, 0.05) is 55.5 Å². The average Bonchev–Trinajstić information content (AvgIpc) is 3.82. The number of ether oxygens (including phenoxy) is 6. The summed E-state index contributed by atoms with van der Waals surface area (Å²) in [6.45, 7) is -1.09. The van der Waals surface area contributed by atoms with Crippen LogP contribution in [0.25, 0.3) is 17.0 Å². The van der Waals surface area contributed by atoms with E-state index in [1.54, 1.807) is 11.8 Å². The number of thioether (sulfide) groups is 1. The van der Waals surface area contributed by atoms with Crippen molar-refractivity contribution in [2.75, 3.05) is 31.7 Å². The smallest absolute Gasteiger partial charge is 0.220 e. The average molecular weight is 1100 g/mol. The summed E-state index contributed by atoms with van der Waals surface area (Å²) < 4.78 is 37.6. The molecule has 1 saturated carbocycles. The summed E-state index contributed by atoms with van der Waals surface area (Å²) in [5, 5.41) is 90.3. The van der Waals surface area contributed by atoms with Gasteiger partial charge in [0.05, 0.1) is 47.5 Å². The molecule has 69 heavy (non-hydrogen) atoms. The van der Waals surface area contributed by atoms with Crippen molar-refractivity contribution in [3.8, 4) is 0 Å². The van der Waals surface area contributed by atoms with Crippen LogP contribution < -0.4 is 61.7 Å². The minimum absolute atomic E-state index is 0. The Hall–Kier alpha value is -2.78. The zero-order valence-corrected chi connectivity index (χ0v) is 40.7. The number of rotatable bonds is 15. The van der Waals surface area contributed by atoms with Crippen LogP contribution in [0.2, 0.25) is 0 Å². The maximum absolute atomic E-state index is 13.1. The number of aromatic nitrogens is 1. The van der Waals surface area contributed by atoms with Crippen molar-refractivity contribution in [3.05, 3.63) is 71.4 Å². The van der Waals surface area contributed by atoms with Gasteiger partial charge in [-0.05, 0) is 36.3 Å². The van der Waals surface area contributed by atoms with Crippen molar-refractivity contribution < 1.29 is 103 Å². The lowest BCUT2D eigenvalue weighted by Crippen LogP contribution is -3.00. The Labute approximate surface area is 419 Å². The van der Waals surface area contributed by atoms with E-state index in [0.717, 1.165) is 27.2 Å². The Bertz CT molecular complexity index is 2240. The highest BCUT2D eigenvalue weighted by atomic mass is 127. The van der Waals surface area contributed by atoms with E-state index in [9.17, 15) is 45.6 Å². The molecule has 1 amide bonds. The quantitative estimate of drug-likeness (QED) is 0.0497. The number of aryl methyl sites for hydroxylation is 1. The van der Waals surface area contributed by atoms with Crippen molar-refractivity contribution in [3.63, 3.8) is 0 Å². The van der Waals surface area contributed by atoms with Crippen LogP contribution in [-0.2, 0) is 39.8 Å². The zero-order chi connectivity index (χ0) is 48.6. The third-order valence-corrected chi connectivity index (χ3v) is 14.6. The van der Waals surface area contributed by atoms with Gasteiger partial charge in [-0.3, -0.25) is 4.79 Å². The fourth-order valence-corrected chi connectivity index (χ4v) is 10.5. The molecular weight excluding hydrogens is 1040 g/mol. The number of pyridine rings is 1. The van der Waals surface area contributed by atoms with Gasteiger partial charge >= 0.3 is 0 Å². The number of halogens is 1. The molecule has 3 aromatic rings. The number of fused-ring (bicyclic) bond motifs is 2. The molecular formula is C45H64IN7O15S. The molecule has 17 N–H and O–H groups in total. The molecule has 1 aliphatic carbocycles. The molecule has 19 atom stereocenters. The molecule has 8 rings (SSSR count). The lowest BCUT2D eigenvalue weighted by Gasteiger charge is -2.47. The van der Waals surface area contributed by atoms with Gasteiger partial charge in [0.15, 0.2) is 25.1 Å². The number of nitrogens with zero attached hydrogens (tertiary/aromatic N) is 2. The number of aliphatic hydroxyl groups is 8. The normalized spacial score (nSPS) is 38.5. The Kier molecular flexibility index (Phi) is 18.3. The number of para-hydroxylation sites is 2. The summed E-state index contributed by atoms with van der Waals surface area (Å²) in [7, 11) is 2.05. The number of anilines is 1. The third-order valence-electron chi connectivity index (χ3n) is 13.4. The Balaban J connectivity index is 0.00000703. The minimum atomic E-state index is -1.70. The summed E-state index contributed by atoms with van der Waals surface area (Å²) in [5.74, 6) is -0.333. The Morgan fingerprint density at radius 3 is 2.06 bits per heavy atom. The van der Waals surface area contributed by atoms with Gasteiger partial charge in [-0.15, -0.1) is 0 Å². The van der Waals surface area contributed by atoms with Gasteiger partial charge in [-0.25, -0.2) is 0 Å². The molecule has 4 fully saturated rings. The highest BCUT2D eigenvalue weighted by Crippen LogP contribution is 2.45. The van der Waals surface area contributed by atoms with Crippen LogP contribution in [0.15, 0.2) is 70.7 Å². The molecule has 5 aliphatic rings. The van der Waals surface area contributed by atoms with Gasteiger partial charge in [0.2, 0.25) is 11.4 Å². The number of nitrogens with two attached hydrogens (primary N) is 4. The Morgan fingerprint density at radius 2 is 1.36 bits per heavy atom.